The summed E-state index contributed by atoms with van der Waals surface area (Å²) in [5.41, 5.74) is 0.844. The molecule has 0 bridgehead atoms. The van der Waals surface area contributed by atoms with Gasteiger partial charge in [0.2, 0.25) is 0 Å². The van der Waals surface area contributed by atoms with Crippen LogP contribution in [0.15, 0.2) is 0 Å². The molecule has 1 aliphatic rings. The van der Waals surface area contributed by atoms with Crippen LogP contribution in [-0.2, 0) is 4.74 Å². The maximum Gasteiger partial charge on any atom is 0.137 e. The van der Waals surface area contributed by atoms with E-state index in [4.69, 9.17) is 21.3 Å². The highest BCUT2D eigenvalue weighted by Crippen LogP contribution is 2.31. The highest BCUT2D eigenvalue weighted by atomic mass is 35.5. The number of halogens is 1. The molecule has 0 saturated carbocycles. The third-order valence-electron chi connectivity index (χ3n) is 4.05. The summed E-state index contributed by atoms with van der Waals surface area (Å²) in [7, 11) is 1.78. The van der Waals surface area contributed by atoms with Crippen LogP contribution in [0.2, 0.25) is 5.15 Å². The number of rotatable bonds is 3. The predicted molar refractivity (Wildman–Crippen MR) is 82.7 cm³/mol. The molecule has 112 valence electrons. The van der Waals surface area contributed by atoms with E-state index in [1.807, 2.05) is 6.92 Å². The second-order valence-corrected chi connectivity index (χ2v) is 6.51. The molecule has 1 saturated heterocycles. The van der Waals surface area contributed by atoms with Gasteiger partial charge in [-0.3, -0.25) is 0 Å². The lowest BCUT2D eigenvalue weighted by atomic mass is 9.94. The van der Waals surface area contributed by atoms with E-state index in [9.17, 15) is 0 Å². The van der Waals surface area contributed by atoms with Gasteiger partial charge in [-0.2, -0.15) is 0 Å². The SMILES string of the molecule is COC1(C)CCCN(c2nc(C(C)C)nc(Cl)c2C)C1. The van der Waals surface area contributed by atoms with E-state index in [1.165, 1.54) is 0 Å². The molecule has 1 aromatic heterocycles. The Labute approximate surface area is 126 Å². The molecular weight excluding hydrogens is 274 g/mol. The van der Waals surface area contributed by atoms with Crippen molar-refractivity contribution in [1.29, 1.82) is 0 Å². The maximum atomic E-state index is 6.28. The molecule has 2 heterocycles. The van der Waals surface area contributed by atoms with Crippen LogP contribution in [0.3, 0.4) is 0 Å². The first kappa shape index (κ1) is 15.5. The molecule has 1 aliphatic heterocycles. The largest absolute Gasteiger partial charge is 0.377 e. The summed E-state index contributed by atoms with van der Waals surface area (Å²) in [6, 6.07) is 0. The molecule has 1 aromatic rings. The van der Waals surface area contributed by atoms with E-state index >= 15 is 0 Å². The van der Waals surface area contributed by atoms with Crippen molar-refractivity contribution in [2.24, 2.45) is 0 Å². The smallest absolute Gasteiger partial charge is 0.137 e. The Balaban J connectivity index is 2.36. The highest BCUT2D eigenvalue weighted by molar-refractivity contribution is 6.30. The van der Waals surface area contributed by atoms with Crippen molar-refractivity contribution in [2.45, 2.75) is 52.1 Å². The second-order valence-electron chi connectivity index (χ2n) is 6.16. The van der Waals surface area contributed by atoms with E-state index in [0.29, 0.717) is 5.15 Å². The lowest BCUT2D eigenvalue weighted by molar-refractivity contribution is -0.00485. The molecule has 1 unspecified atom stereocenters. The normalized spacial score (nSPS) is 23.4. The zero-order chi connectivity index (χ0) is 14.9. The third-order valence-corrected chi connectivity index (χ3v) is 4.41. The maximum absolute atomic E-state index is 6.28. The van der Waals surface area contributed by atoms with Gasteiger partial charge in [0.15, 0.2) is 0 Å². The van der Waals surface area contributed by atoms with Crippen molar-refractivity contribution in [3.8, 4) is 0 Å². The van der Waals surface area contributed by atoms with E-state index in [1.54, 1.807) is 7.11 Å². The molecule has 2 rings (SSSR count). The highest BCUT2D eigenvalue weighted by Gasteiger charge is 2.32. The number of hydrogen-bond acceptors (Lipinski definition) is 4. The number of hydrogen-bond donors (Lipinski definition) is 0. The Morgan fingerprint density at radius 2 is 2.05 bits per heavy atom. The average molecular weight is 298 g/mol. The topological polar surface area (TPSA) is 38.2 Å². The van der Waals surface area contributed by atoms with Gasteiger partial charge in [-0.05, 0) is 26.7 Å². The van der Waals surface area contributed by atoms with E-state index in [2.05, 4.69) is 30.7 Å². The van der Waals surface area contributed by atoms with Gasteiger partial charge in [-0.25, -0.2) is 9.97 Å². The van der Waals surface area contributed by atoms with Crippen LogP contribution in [-0.4, -0.2) is 35.8 Å². The molecule has 0 aliphatic carbocycles. The minimum Gasteiger partial charge on any atom is -0.377 e. The van der Waals surface area contributed by atoms with Gasteiger partial charge in [0, 0.05) is 31.7 Å². The molecule has 0 spiro atoms. The quantitative estimate of drug-likeness (QED) is 0.800. The van der Waals surface area contributed by atoms with Crippen molar-refractivity contribution < 1.29 is 4.74 Å². The van der Waals surface area contributed by atoms with Crippen LogP contribution >= 0.6 is 11.6 Å². The molecule has 0 N–H and O–H groups in total. The summed E-state index contributed by atoms with van der Waals surface area (Å²) in [6.07, 6.45) is 2.18. The summed E-state index contributed by atoms with van der Waals surface area (Å²) >= 11 is 6.28. The van der Waals surface area contributed by atoms with Crippen molar-refractivity contribution in [3.63, 3.8) is 0 Å². The lowest BCUT2D eigenvalue weighted by Gasteiger charge is -2.40. The second kappa shape index (κ2) is 5.86. The molecule has 4 nitrogen and oxygen atoms in total. The van der Waals surface area contributed by atoms with E-state index < -0.39 is 0 Å². The number of ether oxygens (including phenoxy) is 1. The van der Waals surface area contributed by atoms with Crippen molar-refractivity contribution >= 4 is 17.4 Å². The van der Waals surface area contributed by atoms with Gasteiger partial charge in [-0.1, -0.05) is 25.4 Å². The first-order valence-electron chi connectivity index (χ1n) is 7.20. The Hall–Kier alpha value is -0.870. The minimum atomic E-state index is -0.111. The van der Waals surface area contributed by atoms with Crippen molar-refractivity contribution in [2.75, 3.05) is 25.1 Å². The van der Waals surface area contributed by atoms with Crippen LogP contribution in [0.25, 0.3) is 0 Å². The Morgan fingerprint density at radius 3 is 2.65 bits per heavy atom. The average Bonchev–Trinajstić information content (AvgIpc) is 2.41. The Morgan fingerprint density at radius 1 is 1.35 bits per heavy atom. The van der Waals surface area contributed by atoms with Crippen LogP contribution in [0, 0.1) is 6.92 Å². The van der Waals surface area contributed by atoms with Crippen LogP contribution in [0.5, 0.6) is 0 Å². The van der Waals surface area contributed by atoms with Crippen LogP contribution < -0.4 is 4.90 Å². The van der Waals surface area contributed by atoms with Crippen LogP contribution in [0.4, 0.5) is 5.82 Å². The van der Waals surface area contributed by atoms with Gasteiger partial charge in [0.25, 0.3) is 0 Å². The number of piperidine rings is 1. The molecule has 20 heavy (non-hydrogen) atoms. The van der Waals surface area contributed by atoms with Crippen LogP contribution in [0.1, 0.15) is 50.9 Å². The summed E-state index contributed by atoms with van der Waals surface area (Å²) in [4.78, 5) is 11.4. The summed E-state index contributed by atoms with van der Waals surface area (Å²) in [5.74, 6) is 2.03. The van der Waals surface area contributed by atoms with Gasteiger partial charge in [0.05, 0.1) is 5.60 Å². The molecular formula is C15H24ClN3O. The fraction of sp³-hybridized carbons (Fsp3) is 0.733. The monoisotopic (exact) mass is 297 g/mol. The van der Waals surface area contributed by atoms with Crippen molar-refractivity contribution in [3.05, 3.63) is 16.5 Å². The molecule has 0 radical (unpaired) electrons. The fourth-order valence-electron chi connectivity index (χ4n) is 2.61. The molecule has 0 aromatic carbocycles. The standard InChI is InChI=1S/C15H24ClN3O/c1-10(2)13-17-12(16)11(3)14(18-13)19-8-6-7-15(4,9-19)20-5/h10H,6-9H2,1-5H3. The van der Waals surface area contributed by atoms with Gasteiger partial charge >= 0.3 is 0 Å². The number of anilines is 1. The van der Waals surface area contributed by atoms with Gasteiger partial charge in [0.1, 0.15) is 16.8 Å². The number of aromatic nitrogens is 2. The van der Waals surface area contributed by atoms with Crippen molar-refractivity contribution in [1.82, 2.24) is 9.97 Å². The third kappa shape index (κ3) is 3.07. The molecule has 1 fully saturated rings. The first-order valence-corrected chi connectivity index (χ1v) is 7.58. The minimum absolute atomic E-state index is 0.111. The van der Waals surface area contributed by atoms with E-state index in [-0.39, 0.29) is 11.5 Å². The summed E-state index contributed by atoms with van der Waals surface area (Å²) < 4.78 is 5.66. The number of methoxy groups -OCH3 is 1. The zero-order valence-corrected chi connectivity index (χ0v) is 13.8. The lowest BCUT2D eigenvalue weighted by Crippen LogP contribution is -2.48. The zero-order valence-electron chi connectivity index (χ0n) is 13.0. The first-order chi connectivity index (χ1) is 9.36. The van der Waals surface area contributed by atoms with Gasteiger partial charge in [-0.15, -0.1) is 0 Å². The molecule has 1 atom stereocenters. The Kier molecular flexibility index (Phi) is 4.55. The predicted octanol–water partition coefficient (Wildman–Crippen LogP) is 3.57. The summed E-state index contributed by atoms with van der Waals surface area (Å²) in [5, 5.41) is 0.559. The van der Waals surface area contributed by atoms with Gasteiger partial charge < -0.3 is 9.64 Å². The fourth-order valence-corrected chi connectivity index (χ4v) is 2.78. The molecule has 0 amide bonds. The van der Waals surface area contributed by atoms with E-state index in [0.717, 1.165) is 43.1 Å². The molecule has 5 heteroatoms. The Bertz CT molecular complexity index is 492. The summed E-state index contributed by atoms with van der Waals surface area (Å²) in [6.45, 7) is 10.1. The number of nitrogens with zero attached hydrogens (tertiary/aromatic N) is 3.